The summed E-state index contributed by atoms with van der Waals surface area (Å²) in [6, 6.07) is 85.4. The molecule has 4 bridgehead atoms. The maximum Gasteiger partial charge on any atom is 0.0284 e. The van der Waals surface area contributed by atoms with Crippen LogP contribution in [0.5, 0.6) is 0 Å². The van der Waals surface area contributed by atoms with Crippen LogP contribution in [0.4, 0.5) is 0 Å². The third-order valence-electron chi connectivity index (χ3n) is 13.3. The molecule has 0 radical (unpaired) electrons. The molecular weight excluding hydrogens is 865 g/mol. The summed E-state index contributed by atoms with van der Waals surface area (Å²) in [6.07, 6.45) is 3.02. The van der Waals surface area contributed by atoms with Gasteiger partial charge in [0.2, 0.25) is 0 Å². The van der Waals surface area contributed by atoms with Gasteiger partial charge in [-0.25, -0.2) is 0 Å². The lowest BCUT2D eigenvalue weighted by Crippen LogP contribution is -2.07. The van der Waals surface area contributed by atoms with Crippen molar-refractivity contribution in [3.63, 3.8) is 0 Å². The molecule has 4 aliphatic rings. The quantitative estimate of drug-likeness (QED) is 0.154. The third-order valence-corrected chi connectivity index (χ3v) is 13.3. The number of hydrogen-bond acceptors (Lipinski definition) is 0. The molecule has 10 aromatic carbocycles. The Bertz CT molecular complexity index is 3270. The van der Waals surface area contributed by atoms with E-state index in [0.29, 0.717) is 0 Å². The Morgan fingerprint density at radius 3 is 0.556 bits per heavy atom. The molecule has 0 heterocycles. The highest BCUT2D eigenvalue weighted by Crippen LogP contribution is 2.28. The van der Waals surface area contributed by atoms with Gasteiger partial charge >= 0.3 is 0 Å². The van der Waals surface area contributed by atoms with E-state index in [1.165, 1.54) is 66.8 Å². The molecule has 0 aromatic heterocycles. The van der Waals surface area contributed by atoms with Gasteiger partial charge in [0.25, 0.3) is 0 Å². The van der Waals surface area contributed by atoms with Crippen LogP contribution < -0.4 is 0 Å². The molecule has 4 aliphatic carbocycles. The number of rotatable bonds is 4. The molecule has 10 aromatic rings. The molecule has 0 unspecified atom stereocenters. The SMILES string of the molecule is C(#Cc1cc2c(C#Cc3ccc(-c4ccccc4)cc3)cc1CCc1cc(C#Cc3ccc(-c4ccccc4)cc3)c(cc1C#Cc1ccc(-c3ccccc3)cc1)CC2)c1ccc(-c2ccccc2)cc1. The summed E-state index contributed by atoms with van der Waals surface area (Å²) in [6.45, 7) is 0. The maximum absolute atomic E-state index is 3.64. The smallest absolute Gasteiger partial charge is 0.0284 e. The van der Waals surface area contributed by atoms with Gasteiger partial charge in [-0.1, -0.05) is 217 Å². The molecule has 0 N–H and O–H groups in total. The van der Waals surface area contributed by atoms with Crippen molar-refractivity contribution in [1.29, 1.82) is 0 Å². The molecule has 336 valence electrons. The molecule has 14 rings (SSSR count). The highest BCUT2D eigenvalue weighted by atomic mass is 14.2. The van der Waals surface area contributed by atoms with Crippen LogP contribution >= 0.6 is 0 Å². The largest absolute Gasteiger partial charge is 0.0622 e. The highest BCUT2D eigenvalue weighted by molar-refractivity contribution is 5.69. The summed E-state index contributed by atoms with van der Waals surface area (Å²) in [7, 11) is 0. The predicted octanol–water partition coefficient (Wildman–Crippen LogP) is 15.8. The van der Waals surface area contributed by atoms with E-state index in [9.17, 15) is 0 Å². The second-order valence-corrected chi connectivity index (χ2v) is 18.1. The first kappa shape index (κ1) is 44.9. The first-order valence-corrected chi connectivity index (χ1v) is 24.7. The van der Waals surface area contributed by atoms with Crippen molar-refractivity contribution < 1.29 is 0 Å². The van der Waals surface area contributed by atoms with Crippen LogP contribution in [0.1, 0.15) is 66.8 Å². The van der Waals surface area contributed by atoms with Crippen molar-refractivity contribution in [3.05, 3.63) is 309 Å². The molecule has 0 amide bonds. The minimum Gasteiger partial charge on any atom is -0.0622 e. The molecule has 0 saturated carbocycles. The average Bonchev–Trinajstić information content (AvgIpc) is 3.45. The van der Waals surface area contributed by atoms with Crippen molar-refractivity contribution in [2.45, 2.75) is 25.7 Å². The van der Waals surface area contributed by atoms with Crippen LogP contribution in [0, 0.1) is 47.4 Å². The average molecular weight is 913 g/mol. The Morgan fingerprint density at radius 2 is 0.361 bits per heavy atom. The fraction of sp³-hybridized carbons (Fsp3) is 0.0556. The Balaban J connectivity index is 0.974. The van der Waals surface area contributed by atoms with Crippen molar-refractivity contribution in [2.75, 3.05) is 0 Å². The van der Waals surface area contributed by atoms with Crippen LogP contribution in [0.2, 0.25) is 0 Å². The van der Waals surface area contributed by atoms with Crippen molar-refractivity contribution in [1.82, 2.24) is 0 Å². The lowest BCUT2D eigenvalue weighted by molar-refractivity contribution is 0.910. The van der Waals surface area contributed by atoms with E-state index in [0.717, 1.165) is 70.2 Å². The lowest BCUT2D eigenvalue weighted by Gasteiger charge is -2.17. The Labute approximate surface area is 424 Å². The zero-order chi connectivity index (χ0) is 48.3. The van der Waals surface area contributed by atoms with Crippen LogP contribution in [-0.4, -0.2) is 0 Å². The molecule has 0 spiro atoms. The molecule has 0 saturated heterocycles. The second kappa shape index (κ2) is 21.4. The van der Waals surface area contributed by atoms with Crippen LogP contribution in [0.3, 0.4) is 0 Å². The maximum atomic E-state index is 3.64. The Kier molecular flexibility index (Phi) is 13.3. The molecule has 72 heavy (non-hydrogen) atoms. The van der Waals surface area contributed by atoms with Crippen molar-refractivity contribution in [3.8, 4) is 91.9 Å². The Hall–Kier alpha value is -9.56. The molecule has 0 heteroatoms. The van der Waals surface area contributed by atoms with Gasteiger partial charge < -0.3 is 0 Å². The molecule has 0 nitrogen and oxygen atoms in total. The summed E-state index contributed by atoms with van der Waals surface area (Å²) < 4.78 is 0. The van der Waals surface area contributed by atoms with Crippen LogP contribution in [-0.2, 0) is 25.7 Å². The van der Waals surface area contributed by atoms with Gasteiger partial charge in [0.1, 0.15) is 0 Å². The zero-order valence-corrected chi connectivity index (χ0v) is 39.9. The van der Waals surface area contributed by atoms with Crippen molar-refractivity contribution >= 4 is 0 Å². The minimum absolute atomic E-state index is 0.755. The summed E-state index contributed by atoms with van der Waals surface area (Å²) >= 11 is 0. The summed E-state index contributed by atoms with van der Waals surface area (Å²) in [4.78, 5) is 0. The van der Waals surface area contributed by atoms with E-state index in [1.807, 2.05) is 24.3 Å². The summed E-state index contributed by atoms with van der Waals surface area (Å²) in [5.41, 5.74) is 22.2. The van der Waals surface area contributed by atoms with Gasteiger partial charge in [0.15, 0.2) is 0 Å². The second-order valence-electron chi connectivity index (χ2n) is 18.1. The fourth-order valence-corrected chi connectivity index (χ4v) is 9.27. The molecular formula is C72H48. The lowest BCUT2D eigenvalue weighted by atomic mass is 9.86. The monoisotopic (exact) mass is 912 g/mol. The van der Waals surface area contributed by atoms with Gasteiger partial charge in [-0.3, -0.25) is 0 Å². The topological polar surface area (TPSA) is 0 Å². The molecule has 0 atom stereocenters. The van der Waals surface area contributed by atoms with Gasteiger partial charge in [-0.2, -0.15) is 0 Å². The Morgan fingerprint density at radius 1 is 0.181 bits per heavy atom. The van der Waals surface area contributed by atoms with Crippen LogP contribution in [0.25, 0.3) is 44.5 Å². The van der Waals surface area contributed by atoms with E-state index in [1.54, 1.807) is 0 Å². The number of aryl methyl sites for hydroxylation is 4. The van der Waals surface area contributed by atoms with E-state index in [4.69, 9.17) is 0 Å². The van der Waals surface area contributed by atoms with Gasteiger partial charge in [-0.05, 0) is 165 Å². The normalized spacial score (nSPS) is 11.2. The van der Waals surface area contributed by atoms with E-state index in [-0.39, 0.29) is 0 Å². The fourth-order valence-electron chi connectivity index (χ4n) is 9.27. The van der Waals surface area contributed by atoms with Gasteiger partial charge in [0, 0.05) is 44.5 Å². The van der Waals surface area contributed by atoms with E-state index in [2.05, 4.69) is 266 Å². The standard InChI is InChI=1S/C72H48/c1-5-13-57(14-6-1)61-33-21-53(22-34-61)29-41-65-49-70-47-48-72-52-67(43-31-55-25-37-63(38-26-55)59-17-9-3-10-18-59)71(51-68(72)44-32-56-27-39-64(40-28-56)60-19-11-4-12-20-60)46-45-69(65)50-66(70)42-30-54-23-35-62(36-24-54)58-15-7-2-8-16-58/h1-28,33-40,49-52H,45-48H2. The predicted molar refractivity (Wildman–Crippen MR) is 299 cm³/mol. The molecule has 0 aliphatic heterocycles. The van der Waals surface area contributed by atoms with Gasteiger partial charge in [0.05, 0.1) is 0 Å². The first-order chi connectivity index (χ1) is 35.6. The summed E-state index contributed by atoms with van der Waals surface area (Å²) in [5.74, 6) is 28.7. The molecule has 0 fully saturated rings. The highest BCUT2D eigenvalue weighted by Gasteiger charge is 2.16. The first-order valence-electron chi connectivity index (χ1n) is 24.7. The van der Waals surface area contributed by atoms with E-state index < -0.39 is 0 Å². The van der Waals surface area contributed by atoms with Crippen molar-refractivity contribution in [2.24, 2.45) is 0 Å². The van der Waals surface area contributed by atoms with Crippen LogP contribution in [0.15, 0.2) is 243 Å². The van der Waals surface area contributed by atoms with E-state index >= 15 is 0 Å². The number of hydrogen-bond donors (Lipinski definition) is 0. The summed E-state index contributed by atoms with van der Waals surface area (Å²) in [5, 5.41) is 0. The zero-order valence-electron chi connectivity index (χ0n) is 39.9. The number of benzene rings is 10. The van der Waals surface area contributed by atoms with Gasteiger partial charge in [-0.15, -0.1) is 0 Å². The third kappa shape index (κ3) is 10.8. The minimum atomic E-state index is 0.755.